The number of aliphatic carboxylic acids is 1. The molecule has 0 saturated carbocycles. The molecule has 0 aliphatic rings. The highest BCUT2D eigenvalue weighted by atomic mass is 16.5. The first-order valence-electron chi connectivity index (χ1n) is 8.04. The van der Waals surface area contributed by atoms with E-state index in [0.29, 0.717) is 25.9 Å². The molecular formula is C16H36N2O4. The Morgan fingerprint density at radius 1 is 0.773 bits per heavy atom. The van der Waals surface area contributed by atoms with Gasteiger partial charge in [-0.2, -0.15) is 0 Å². The van der Waals surface area contributed by atoms with Gasteiger partial charge in [-0.3, -0.25) is 9.59 Å². The lowest BCUT2D eigenvalue weighted by molar-refractivity contribution is -0.144. The number of carbonyl (C=O) groups excluding carboxylic acids is 1. The molecule has 0 unspecified atom stereocenters. The quantitative estimate of drug-likeness (QED) is 0.315. The number of hydrogen-bond acceptors (Lipinski definition) is 5. The molecule has 0 aromatic rings. The minimum Gasteiger partial charge on any atom is -0.481 e. The van der Waals surface area contributed by atoms with Crippen molar-refractivity contribution in [3.63, 3.8) is 0 Å². The molecule has 0 heterocycles. The van der Waals surface area contributed by atoms with Gasteiger partial charge in [-0.1, -0.05) is 51.9 Å². The van der Waals surface area contributed by atoms with Crippen LogP contribution in [0.3, 0.4) is 0 Å². The lowest BCUT2D eigenvalue weighted by atomic mass is 10.1. The number of carbonyl (C=O) groups is 2. The van der Waals surface area contributed by atoms with Crippen LogP contribution >= 0.6 is 0 Å². The van der Waals surface area contributed by atoms with Gasteiger partial charge in [0.2, 0.25) is 0 Å². The molecular weight excluding hydrogens is 284 g/mol. The molecule has 0 aliphatic carbocycles. The van der Waals surface area contributed by atoms with E-state index in [1.807, 2.05) is 0 Å². The maximum atomic E-state index is 11.3. The van der Waals surface area contributed by atoms with Crippen molar-refractivity contribution >= 4 is 11.9 Å². The number of carboxylic acids is 1. The standard InChI is InChI=1S/C16H30O4.2H3N/c1-2-3-4-5-6-7-8-11-14-20-16(19)13-10-9-12-15(17)18;;/h2-14H2,1H3,(H,17,18);2*1H3. The molecule has 0 rings (SSSR count). The van der Waals surface area contributed by atoms with Crippen LogP contribution in [0.2, 0.25) is 0 Å². The SMILES string of the molecule is CCCCCCCCCCOC(=O)CCCCC(=O)O.N.N. The fourth-order valence-electron chi connectivity index (χ4n) is 2.04. The predicted molar refractivity (Wildman–Crippen MR) is 89.7 cm³/mol. The summed E-state index contributed by atoms with van der Waals surface area (Å²) in [4.78, 5) is 21.6. The summed E-state index contributed by atoms with van der Waals surface area (Å²) in [5.74, 6) is -1.00. The molecule has 0 aliphatic heterocycles. The number of unbranched alkanes of at least 4 members (excludes halogenated alkanes) is 8. The van der Waals surface area contributed by atoms with Gasteiger partial charge < -0.3 is 22.1 Å². The molecule has 0 amide bonds. The summed E-state index contributed by atoms with van der Waals surface area (Å²) in [6, 6.07) is 0. The number of ether oxygens (including phenoxy) is 1. The van der Waals surface area contributed by atoms with Crippen LogP contribution < -0.4 is 12.3 Å². The fraction of sp³-hybridized carbons (Fsp3) is 0.875. The molecule has 0 saturated heterocycles. The lowest BCUT2D eigenvalue weighted by Crippen LogP contribution is -2.06. The molecule has 6 nitrogen and oxygen atoms in total. The normalized spacial score (nSPS) is 9.50. The smallest absolute Gasteiger partial charge is 0.305 e. The van der Waals surface area contributed by atoms with E-state index in [2.05, 4.69) is 6.92 Å². The summed E-state index contributed by atoms with van der Waals surface area (Å²) in [5.41, 5.74) is 0. The minimum absolute atomic E-state index is 0. The average molecular weight is 320 g/mol. The van der Waals surface area contributed by atoms with Crippen LogP contribution in [-0.2, 0) is 14.3 Å². The zero-order chi connectivity index (χ0) is 15.1. The number of carboxylic acid groups (broad SMARTS) is 1. The van der Waals surface area contributed by atoms with Crippen LogP contribution in [0.5, 0.6) is 0 Å². The summed E-state index contributed by atoms with van der Waals surface area (Å²) in [5, 5.41) is 8.45. The third-order valence-electron chi connectivity index (χ3n) is 3.28. The van der Waals surface area contributed by atoms with E-state index >= 15 is 0 Å². The zero-order valence-electron chi connectivity index (χ0n) is 14.3. The van der Waals surface area contributed by atoms with Crippen LogP contribution in [0.4, 0.5) is 0 Å². The van der Waals surface area contributed by atoms with Crippen LogP contribution in [0, 0.1) is 0 Å². The molecule has 134 valence electrons. The van der Waals surface area contributed by atoms with Crippen LogP contribution in [0.15, 0.2) is 0 Å². The predicted octanol–water partition coefficient (Wildman–Crippen LogP) is 4.64. The Morgan fingerprint density at radius 3 is 1.82 bits per heavy atom. The van der Waals surface area contributed by atoms with Gasteiger partial charge in [0.05, 0.1) is 6.61 Å². The Kier molecular flexibility index (Phi) is 23.3. The second-order valence-corrected chi connectivity index (χ2v) is 5.30. The first-order chi connectivity index (χ1) is 9.66. The van der Waals surface area contributed by atoms with E-state index in [9.17, 15) is 9.59 Å². The van der Waals surface area contributed by atoms with Crippen molar-refractivity contribution in [3.8, 4) is 0 Å². The Bertz CT molecular complexity index is 261. The van der Waals surface area contributed by atoms with Crippen molar-refractivity contribution in [1.29, 1.82) is 0 Å². The van der Waals surface area contributed by atoms with Crippen molar-refractivity contribution in [3.05, 3.63) is 0 Å². The monoisotopic (exact) mass is 320 g/mol. The van der Waals surface area contributed by atoms with Gasteiger partial charge in [-0.05, 0) is 19.3 Å². The number of hydrogen-bond donors (Lipinski definition) is 3. The van der Waals surface area contributed by atoms with Crippen molar-refractivity contribution < 1.29 is 19.4 Å². The zero-order valence-corrected chi connectivity index (χ0v) is 14.3. The van der Waals surface area contributed by atoms with E-state index in [0.717, 1.165) is 12.8 Å². The first-order valence-corrected chi connectivity index (χ1v) is 8.04. The maximum Gasteiger partial charge on any atom is 0.305 e. The van der Waals surface area contributed by atoms with Gasteiger partial charge in [0.25, 0.3) is 0 Å². The summed E-state index contributed by atoms with van der Waals surface area (Å²) in [6.07, 6.45) is 11.4. The molecule has 0 fully saturated rings. The van der Waals surface area contributed by atoms with Gasteiger partial charge in [0.1, 0.15) is 0 Å². The van der Waals surface area contributed by atoms with Crippen molar-refractivity contribution in [2.45, 2.75) is 84.0 Å². The van der Waals surface area contributed by atoms with Crippen molar-refractivity contribution in [2.75, 3.05) is 6.61 Å². The summed E-state index contributed by atoms with van der Waals surface area (Å²) < 4.78 is 5.11. The Balaban J connectivity index is -0.00000180. The van der Waals surface area contributed by atoms with E-state index < -0.39 is 5.97 Å². The highest BCUT2D eigenvalue weighted by Crippen LogP contribution is 2.08. The summed E-state index contributed by atoms with van der Waals surface area (Å²) in [6.45, 7) is 2.72. The molecule has 0 radical (unpaired) electrons. The summed E-state index contributed by atoms with van der Waals surface area (Å²) >= 11 is 0. The third-order valence-corrected chi connectivity index (χ3v) is 3.28. The first kappa shape index (κ1) is 25.8. The Morgan fingerprint density at radius 2 is 1.27 bits per heavy atom. The van der Waals surface area contributed by atoms with E-state index in [4.69, 9.17) is 9.84 Å². The summed E-state index contributed by atoms with van der Waals surface area (Å²) in [7, 11) is 0. The molecule has 7 N–H and O–H groups in total. The van der Waals surface area contributed by atoms with E-state index in [1.165, 1.54) is 38.5 Å². The van der Waals surface area contributed by atoms with Crippen LogP contribution in [-0.4, -0.2) is 23.7 Å². The average Bonchev–Trinajstić information content (AvgIpc) is 2.41. The second kappa shape index (κ2) is 19.9. The van der Waals surface area contributed by atoms with Crippen LogP contribution in [0.1, 0.15) is 84.0 Å². The molecule has 0 bridgehead atoms. The van der Waals surface area contributed by atoms with Crippen molar-refractivity contribution in [2.24, 2.45) is 0 Å². The largest absolute Gasteiger partial charge is 0.481 e. The maximum absolute atomic E-state index is 11.3. The Labute approximate surface area is 135 Å². The molecule has 22 heavy (non-hydrogen) atoms. The Hall–Kier alpha value is -1.14. The van der Waals surface area contributed by atoms with Gasteiger partial charge in [0, 0.05) is 12.8 Å². The van der Waals surface area contributed by atoms with Crippen LogP contribution in [0.25, 0.3) is 0 Å². The molecule has 0 spiro atoms. The van der Waals surface area contributed by atoms with Crippen molar-refractivity contribution in [1.82, 2.24) is 12.3 Å². The molecule has 0 aromatic carbocycles. The van der Waals surface area contributed by atoms with Gasteiger partial charge >= 0.3 is 11.9 Å². The topological polar surface area (TPSA) is 134 Å². The molecule has 0 atom stereocenters. The second-order valence-electron chi connectivity index (χ2n) is 5.30. The van der Waals surface area contributed by atoms with Gasteiger partial charge in [-0.15, -0.1) is 0 Å². The van der Waals surface area contributed by atoms with E-state index in [-0.39, 0.29) is 24.7 Å². The molecule has 6 heteroatoms. The molecule has 0 aromatic heterocycles. The lowest BCUT2D eigenvalue weighted by Gasteiger charge is -2.04. The highest BCUT2D eigenvalue weighted by Gasteiger charge is 2.03. The number of esters is 1. The van der Waals surface area contributed by atoms with E-state index in [1.54, 1.807) is 0 Å². The minimum atomic E-state index is -0.808. The fourth-order valence-corrected chi connectivity index (χ4v) is 2.04. The highest BCUT2D eigenvalue weighted by molar-refractivity contribution is 5.69. The van der Waals surface area contributed by atoms with Gasteiger partial charge in [0.15, 0.2) is 0 Å². The number of rotatable bonds is 14. The third kappa shape index (κ3) is 21.2. The van der Waals surface area contributed by atoms with Gasteiger partial charge in [-0.25, -0.2) is 0 Å².